The molecule has 2 aromatic carbocycles. The molecule has 0 saturated carbocycles. The monoisotopic (exact) mass is 360 g/mol. The third kappa shape index (κ3) is 3.70. The van der Waals surface area contributed by atoms with E-state index in [2.05, 4.69) is 31.7 Å². The van der Waals surface area contributed by atoms with Crippen molar-refractivity contribution >= 4 is 24.0 Å². The second-order valence-electron chi connectivity index (χ2n) is 5.93. The lowest BCUT2D eigenvalue weighted by molar-refractivity contribution is 0.361. The third-order valence-electron chi connectivity index (χ3n) is 3.97. The lowest BCUT2D eigenvalue weighted by Crippen LogP contribution is -1.91. The molecule has 1 aromatic heterocycles. The minimum absolute atomic E-state index is 0.110. The van der Waals surface area contributed by atoms with Gasteiger partial charge in [0.15, 0.2) is 0 Å². The van der Waals surface area contributed by atoms with Crippen molar-refractivity contribution in [3.8, 4) is 10.4 Å². The Bertz CT molecular complexity index is 866. The fourth-order valence-corrected chi connectivity index (χ4v) is 3.92. The van der Waals surface area contributed by atoms with Crippen molar-refractivity contribution < 1.29 is 8.78 Å². The molecule has 0 bridgehead atoms. The highest BCUT2D eigenvalue weighted by atomic mass is 32.1. The van der Waals surface area contributed by atoms with Gasteiger partial charge in [0.1, 0.15) is 12.0 Å². The Balaban J connectivity index is 1.88. The summed E-state index contributed by atoms with van der Waals surface area (Å²) in [4.78, 5) is 3.19. The zero-order chi connectivity index (χ0) is 17.3. The number of benzene rings is 2. The van der Waals surface area contributed by atoms with E-state index in [1.54, 1.807) is 23.5 Å². The van der Waals surface area contributed by atoms with E-state index in [0.29, 0.717) is 0 Å². The minimum atomic E-state index is -1.32. The van der Waals surface area contributed by atoms with Crippen LogP contribution in [-0.2, 0) is 6.42 Å². The Hall–Kier alpha value is -1.65. The largest absolute Gasteiger partial charge is 0.242 e. The smallest absolute Gasteiger partial charge is 0.129 e. The van der Waals surface area contributed by atoms with Crippen LogP contribution in [0, 0.1) is 12.7 Å². The Morgan fingerprint density at radius 2 is 1.88 bits per heavy atom. The van der Waals surface area contributed by atoms with Crippen LogP contribution in [0.15, 0.2) is 53.4 Å². The number of hydrogen-bond donors (Lipinski definition) is 1. The number of hydrogen-bond acceptors (Lipinski definition) is 2. The summed E-state index contributed by atoms with van der Waals surface area (Å²) in [5, 5.41) is 0. The normalized spacial score (nSPS) is 12.4. The fraction of sp³-hybridized carbons (Fsp3) is 0.200. The summed E-state index contributed by atoms with van der Waals surface area (Å²) < 4.78 is 27.2. The molecule has 3 aromatic rings. The van der Waals surface area contributed by atoms with E-state index in [-0.39, 0.29) is 5.56 Å². The molecule has 0 aliphatic rings. The first-order chi connectivity index (χ1) is 11.4. The zero-order valence-electron chi connectivity index (χ0n) is 13.5. The SMILES string of the molecule is Cc1ccc(S)c(Cc2ccc(-c3ccc(F)c(C(C)F)c3)s2)c1. The number of aryl methyl sites for hydroxylation is 1. The molecule has 0 aliphatic carbocycles. The van der Waals surface area contributed by atoms with Gasteiger partial charge in [-0.2, -0.15) is 0 Å². The first-order valence-electron chi connectivity index (χ1n) is 7.75. The van der Waals surface area contributed by atoms with Gasteiger partial charge in [0.2, 0.25) is 0 Å². The van der Waals surface area contributed by atoms with E-state index in [4.69, 9.17) is 0 Å². The first kappa shape index (κ1) is 17.2. The Kier molecular flexibility index (Phi) is 5.07. The Labute approximate surface area is 150 Å². The maximum absolute atomic E-state index is 13.7. The quantitative estimate of drug-likeness (QED) is 0.488. The highest BCUT2D eigenvalue weighted by molar-refractivity contribution is 7.80. The maximum Gasteiger partial charge on any atom is 0.129 e. The molecule has 0 amide bonds. The van der Waals surface area contributed by atoms with Gasteiger partial charge in [0.05, 0.1) is 0 Å². The van der Waals surface area contributed by atoms with Crippen molar-refractivity contribution in [2.24, 2.45) is 0 Å². The van der Waals surface area contributed by atoms with Crippen LogP contribution < -0.4 is 0 Å². The molecular weight excluding hydrogens is 342 g/mol. The molecule has 1 atom stereocenters. The summed E-state index contributed by atoms with van der Waals surface area (Å²) in [6.45, 7) is 3.42. The fourth-order valence-electron chi connectivity index (χ4n) is 2.67. The van der Waals surface area contributed by atoms with Crippen molar-refractivity contribution in [2.45, 2.75) is 31.3 Å². The summed E-state index contributed by atoms with van der Waals surface area (Å²) in [5.74, 6) is -0.495. The van der Waals surface area contributed by atoms with E-state index in [1.165, 1.54) is 29.0 Å². The van der Waals surface area contributed by atoms with Gasteiger partial charge in [-0.15, -0.1) is 24.0 Å². The number of rotatable bonds is 4. The van der Waals surface area contributed by atoms with Crippen LogP contribution in [-0.4, -0.2) is 0 Å². The van der Waals surface area contributed by atoms with Crippen molar-refractivity contribution in [1.29, 1.82) is 0 Å². The van der Waals surface area contributed by atoms with Crippen LogP contribution in [0.2, 0.25) is 0 Å². The standard InChI is InChI=1S/C20H18F2S2/c1-12-3-7-19(23)15(9-12)10-16-5-8-20(24-16)14-4-6-18(22)17(11-14)13(2)21/h3-9,11,13,23H,10H2,1-2H3. The second-order valence-corrected chi connectivity index (χ2v) is 7.58. The van der Waals surface area contributed by atoms with E-state index < -0.39 is 12.0 Å². The molecular formula is C20H18F2S2. The van der Waals surface area contributed by atoms with E-state index in [0.717, 1.165) is 21.8 Å². The molecule has 0 nitrogen and oxygen atoms in total. The highest BCUT2D eigenvalue weighted by Gasteiger charge is 2.12. The van der Waals surface area contributed by atoms with Crippen molar-refractivity contribution in [2.75, 3.05) is 0 Å². The number of alkyl halides is 1. The second kappa shape index (κ2) is 7.08. The van der Waals surface area contributed by atoms with Gasteiger partial charge in [-0.3, -0.25) is 0 Å². The van der Waals surface area contributed by atoms with Gasteiger partial charge in [0.25, 0.3) is 0 Å². The van der Waals surface area contributed by atoms with Crippen molar-refractivity contribution in [1.82, 2.24) is 0 Å². The summed E-state index contributed by atoms with van der Waals surface area (Å²) in [6, 6.07) is 14.9. The molecule has 0 N–H and O–H groups in total. The molecule has 0 radical (unpaired) electrons. The Morgan fingerprint density at radius 3 is 2.62 bits per heavy atom. The van der Waals surface area contributed by atoms with Gasteiger partial charge in [-0.25, -0.2) is 8.78 Å². The molecule has 0 spiro atoms. The molecule has 0 fully saturated rings. The molecule has 0 saturated heterocycles. The third-order valence-corrected chi connectivity index (χ3v) is 5.54. The molecule has 124 valence electrons. The van der Waals surface area contributed by atoms with Gasteiger partial charge in [-0.05, 0) is 55.3 Å². The molecule has 3 rings (SSSR count). The van der Waals surface area contributed by atoms with Gasteiger partial charge >= 0.3 is 0 Å². The summed E-state index contributed by atoms with van der Waals surface area (Å²) in [6.07, 6.45) is -0.512. The highest BCUT2D eigenvalue weighted by Crippen LogP contribution is 2.33. The number of halogens is 2. The topological polar surface area (TPSA) is 0 Å². The van der Waals surface area contributed by atoms with E-state index in [1.807, 2.05) is 18.2 Å². The molecule has 1 heterocycles. The minimum Gasteiger partial charge on any atom is -0.242 e. The molecule has 1 unspecified atom stereocenters. The first-order valence-corrected chi connectivity index (χ1v) is 9.01. The summed E-state index contributed by atoms with van der Waals surface area (Å²) in [5.41, 5.74) is 3.35. The van der Waals surface area contributed by atoms with Crippen molar-refractivity contribution in [3.63, 3.8) is 0 Å². The number of thiol groups is 1. The average molecular weight is 360 g/mol. The van der Waals surface area contributed by atoms with Crippen LogP contribution >= 0.6 is 24.0 Å². The van der Waals surface area contributed by atoms with Crippen LogP contribution in [0.1, 0.15) is 34.7 Å². The maximum atomic E-state index is 13.7. The molecule has 0 aliphatic heterocycles. The average Bonchev–Trinajstić information content (AvgIpc) is 2.99. The zero-order valence-corrected chi connectivity index (χ0v) is 15.2. The van der Waals surface area contributed by atoms with Gasteiger partial charge in [-0.1, -0.05) is 23.8 Å². The lowest BCUT2D eigenvalue weighted by Gasteiger charge is -2.07. The van der Waals surface area contributed by atoms with E-state index >= 15 is 0 Å². The van der Waals surface area contributed by atoms with Crippen LogP contribution in [0.4, 0.5) is 8.78 Å². The van der Waals surface area contributed by atoms with Crippen LogP contribution in [0.3, 0.4) is 0 Å². The van der Waals surface area contributed by atoms with Gasteiger partial charge in [0, 0.05) is 26.6 Å². The predicted octanol–water partition coefficient (Wildman–Crippen LogP) is 6.77. The lowest BCUT2D eigenvalue weighted by atomic mass is 10.1. The molecule has 24 heavy (non-hydrogen) atoms. The number of thiophene rings is 1. The van der Waals surface area contributed by atoms with Crippen LogP contribution in [0.25, 0.3) is 10.4 Å². The van der Waals surface area contributed by atoms with Crippen molar-refractivity contribution in [3.05, 3.63) is 75.9 Å². The predicted molar refractivity (Wildman–Crippen MR) is 100 cm³/mol. The Morgan fingerprint density at radius 1 is 1.08 bits per heavy atom. The van der Waals surface area contributed by atoms with Gasteiger partial charge < -0.3 is 0 Å². The summed E-state index contributed by atoms with van der Waals surface area (Å²) in [7, 11) is 0. The van der Waals surface area contributed by atoms with Crippen LogP contribution in [0.5, 0.6) is 0 Å². The summed E-state index contributed by atoms with van der Waals surface area (Å²) >= 11 is 6.16. The molecule has 4 heteroatoms. The van der Waals surface area contributed by atoms with E-state index in [9.17, 15) is 8.78 Å².